The van der Waals surface area contributed by atoms with Crippen LogP contribution in [0.2, 0.25) is 0 Å². The minimum Gasteiger partial charge on any atom is -0.370 e. The van der Waals surface area contributed by atoms with Gasteiger partial charge in [-0.3, -0.25) is 0 Å². The van der Waals surface area contributed by atoms with Gasteiger partial charge in [-0.15, -0.1) is 0 Å². The lowest BCUT2D eigenvalue weighted by molar-refractivity contribution is 0.380. The van der Waals surface area contributed by atoms with Gasteiger partial charge in [0.15, 0.2) is 0 Å². The summed E-state index contributed by atoms with van der Waals surface area (Å²) in [7, 11) is 0. The molecule has 82 valence electrons. The van der Waals surface area contributed by atoms with E-state index in [1.54, 1.807) is 12.1 Å². The van der Waals surface area contributed by atoms with Crippen LogP contribution >= 0.6 is 22.6 Å². The molecule has 0 saturated carbocycles. The van der Waals surface area contributed by atoms with Gasteiger partial charge in [0.1, 0.15) is 5.82 Å². The van der Waals surface area contributed by atoms with Crippen molar-refractivity contribution in [2.75, 3.05) is 18.0 Å². The van der Waals surface area contributed by atoms with Crippen molar-refractivity contribution in [1.82, 2.24) is 0 Å². The monoisotopic (exact) mass is 319 g/mol. The number of anilines is 1. The van der Waals surface area contributed by atoms with Crippen molar-refractivity contribution >= 4 is 28.3 Å². The van der Waals surface area contributed by atoms with Crippen LogP contribution in [-0.2, 0) is 0 Å². The van der Waals surface area contributed by atoms with Crippen LogP contribution in [0.4, 0.5) is 10.1 Å². The van der Waals surface area contributed by atoms with Gasteiger partial charge in [-0.25, -0.2) is 4.39 Å². The Kier molecular flexibility index (Phi) is 3.49. The molecule has 0 amide bonds. The Bertz CT molecular complexity index is 347. The molecule has 1 aromatic rings. The molecule has 0 spiro atoms. The van der Waals surface area contributed by atoms with E-state index < -0.39 is 0 Å². The van der Waals surface area contributed by atoms with Gasteiger partial charge in [0, 0.05) is 16.7 Å². The molecule has 3 heteroatoms. The van der Waals surface area contributed by atoms with E-state index in [0.717, 1.165) is 22.6 Å². The van der Waals surface area contributed by atoms with Crippen LogP contribution in [0.5, 0.6) is 0 Å². The molecule has 1 heterocycles. The lowest BCUT2D eigenvalue weighted by Crippen LogP contribution is -2.47. The molecule has 1 fully saturated rings. The van der Waals surface area contributed by atoms with E-state index in [2.05, 4.69) is 34.4 Å². The maximum absolute atomic E-state index is 12.9. The molecule has 1 nitrogen and oxygen atoms in total. The highest BCUT2D eigenvalue weighted by molar-refractivity contribution is 14.1. The summed E-state index contributed by atoms with van der Waals surface area (Å²) in [6.45, 7) is 4.50. The molecule has 2 rings (SSSR count). The molecule has 0 aromatic heterocycles. The topological polar surface area (TPSA) is 3.24 Å². The predicted molar refractivity (Wildman–Crippen MR) is 69.7 cm³/mol. The summed E-state index contributed by atoms with van der Waals surface area (Å²) in [5, 5.41) is 0. The Morgan fingerprint density at radius 1 is 1.47 bits per heavy atom. The van der Waals surface area contributed by atoms with Gasteiger partial charge in [-0.2, -0.15) is 0 Å². The Labute approximate surface area is 104 Å². The zero-order chi connectivity index (χ0) is 10.8. The first kappa shape index (κ1) is 11.2. The fourth-order valence-corrected chi connectivity index (χ4v) is 2.91. The highest BCUT2D eigenvalue weighted by Crippen LogP contribution is 2.31. The molecule has 0 aliphatic carbocycles. The fraction of sp³-hybridized carbons (Fsp3) is 0.500. The normalized spacial score (nSPS) is 16.6. The number of benzene rings is 1. The third-order valence-electron chi connectivity index (χ3n) is 2.90. The Balaban J connectivity index is 2.01. The van der Waals surface area contributed by atoms with E-state index in [4.69, 9.17) is 0 Å². The Morgan fingerprint density at radius 3 is 2.80 bits per heavy atom. The van der Waals surface area contributed by atoms with E-state index in [1.807, 2.05) is 6.07 Å². The van der Waals surface area contributed by atoms with E-state index in [1.165, 1.54) is 18.5 Å². The third kappa shape index (κ3) is 2.44. The van der Waals surface area contributed by atoms with Gasteiger partial charge in [0.2, 0.25) is 0 Å². The minimum atomic E-state index is -0.145. The molecule has 0 radical (unpaired) electrons. The molecule has 0 N–H and O–H groups in total. The molecule has 1 aliphatic heterocycles. The maximum Gasteiger partial charge on any atom is 0.124 e. The smallest absolute Gasteiger partial charge is 0.124 e. The second kappa shape index (κ2) is 4.68. The van der Waals surface area contributed by atoms with Crippen molar-refractivity contribution < 1.29 is 4.39 Å². The molecule has 0 atom stereocenters. The van der Waals surface area contributed by atoms with Crippen LogP contribution in [-0.4, -0.2) is 13.1 Å². The van der Waals surface area contributed by atoms with E-state index in [-0.39, 0.29) is 5.82 Å². The SMILES string of the molecule is CCCC1CN(c2ccc(F)cc2I)C1. The standard InChI is InChI=1S/C12H15FIN/c1-2-3-9-7-15(8-9)12-5-4-10(13)6-11(12)14/h4-6,9H,2-3,7-8H2,1H3. The predicted octanol–water partition coefficient (Wildman–Crippen LogP) is 3.67. The summed E-state index contributed by atoms with van der Waals surface area (Å²) in [4.78, 5) is 2.33. The Hall–Kier alpha value is -0.320. The van der Waals surface area contributed by atoms with E-state index in [0.29, 0.717) is 0 Å². The van der Waals surface area contributed by atoms with Crippen LogP contribution in [0.25, 0.3) is 0 Å². The highest BCUT2D eigenvalue weighted by atomic mass is 127. The summed E-state index contributed by atoms with van der Waals surface area (Å²) >= 11 is 2.21. The first-order chi connectivity index (χ1) is 7.20. The van der Waals surface area contributed by atoms with Gasteiger partial charge < -0.3 is 4.90 Å². The van der Waals surface area contributed by atoms with Gasteiger partial charge >= 0.3 is 0 Å². The molecule has 0 unspecified atom stereocenters. The van der Waals surface area contributed by atoms with Crippen molar-refractivity contribution in [3.63, 3.8) is 0 Å². The number of hydrogen-bond donors (Lipinski definition) is 0. The molecule has 1 aliphatic rings. The summed E-state index contributed by atoms with van der Waals surface area (Å²) in [6, 6.07) is 5.03. The average Bonchev–Trinajstić information content (AvgIpc) is 2.12. The van der Waals surface area contributed by atoms with Crippen molar-refractivity contribution in [2.24, 2.45) is 5.92 Å². The Morgan fingerprint density at radius 2 is 2.20 bits per heavy atom. The number of nitrogens with zero attached hydrogens (tertiary/aromatic N) is 1. The highest BCUT2D eigenvalue weighted by Gasteiger charge is 2.26. The van der Waals surface area contributed by atoms with Crippen LogP contribution in [0.15, 0.2) is 18.2 Å². The van der Waals surface area contributed by atoms with Crippen molar-refractivity contribution in [3.05, 3.63) is 27.6 Å². The van der Waals surface area contributed by atoms with Gasteiger partial charge in [-0.05, 0) is 53.1 Å². The lowest BCUT2D eigenvalue weighted by atomic mass is 9.94. The summed E-state index contributed by atoms with van der Waals surface area (Å²) in [6.07, 6.45) is 2.58. The molecule has 0 bridgehead atoms. The quantitative estimate of drug-likeness (QED) is 0.769. The number of hydrogen-bond acceptors (Lipinski definition) is 1. The fourth-order valence-electron chi connectivity index (χ4n) is 2.10. The van der Waals surface area contributed by atoms with Gasteiger partial charge in [0.25, 0.3) is 0 Å². The largest absolute Gasteiger partial charge is 0.370 e. The second-order valence-corrected chi connectivity index (χ2v) is 5.32. The molecular formula is C12H15FIN. The minimum absolute atomic E-state index is 0.145. The van der Waals surface area contributed by atoms with Gasteiger partial charge in [-0.1, -0.05) is 13.3 Å². The lowest BCUT2D eigenvalue weighted by Gasteiger charge is -2.41. The van der Waals surface area contributed by atoms with E-state index in [9.17, 15) is 4.39 Å². The summed E-state index contributed by atoms with van der Waals surface area (Å²) in [5.74, 6) is 0.699. The van der Waals surface area contributed by atoms with Crippen molar-refractivity contribution in [3.8, 4) is 0 Å². The van der Waals surface area contributed by atoms with Crippen molar-refractivity contribution in [1.29, 1.82) is 0 Å². The maximum atomic E-state index is 12.9. The second-order valence-electron chi connectivity index (χ2n) is 4.16. The van der Waals surface area contributed by atoms with Crippen LogP contribution < -0.4 is 4.90 Å². The zero-order valence-corrected chi connectivity index (χ0v) is 11.0. The molecule has 1 saturated heterocycles. The number of halogens is 2. The first-order valence-corrected chi connectivity index (χ1v) is 6.48. The molecule has 15 heavy (non-hydrogen) atoms. The average molecular weight is 319 g/mol. The molecule has 1 aromatic carbocycles. The molecular weight excluding hydrogens is 304 g/mol. The van der Waals surface area contributed by atoms with Gasteiger partial charge in [0.05, 0.1) is 5.69 Å². The van der Waals surface area contributed by atoms with Crippen LogP contribution in [0, 0.1) is 15.3 Å². The number of rotatable bonds is 3. The zero-order valence-electron chi connectivity index (χ0n) is 8.84. The van der Waals surface area contributed by atoms with E-state index >= 15 is 0 Å². The first-order valence-electron chi connectivity index (χ1n) is 5.40. The summed E-state index contributed by atoms with van der Waals surface area (Å²) < 4.78 is 13.9. The van der Waals surface area contributed by atoms with Crippen LogP contribution in [0.3, 0.4) is 0 Å². The van der Waals surface area contributed by atoms with Crippen LogP contribution in [0.1, 0.15) is 19.8 Å². The van der Waals surface area contributed by atoms with Crippen molar-refractivity contribution in [2.45, 2.75) is 19.8 Å². The third-order valence-corrected chi connectivity index (χ3v) is 3.77. The summed E-state index contributed by atoms with van der Waals surface area (Å²) in [5.41, 5.74) is 1.18.